The van der Waals surface area contributed by atoms with Crippen molar-refractivity contribution < 1.29 is 17.6 Å². The highest BCUT2D eigenvalue weighted by atomic mass is 19.3. The summed E-state index contributed by atoms with van der Waals surface area (Å²) in [6.45, 7) is 2.47. The first kappa shape index (κ1) is 10.7. The van der Waals surface area contributed by atoms with Gasteiger partial charge in [0.1, 0.15) is 6.17 Å². The second-order valence-corrected chi connectivity index (χ2v) is 2.44. The first-order valence-corrected chi connectivity index (χ1v) is 3.61. The molecule has 0 amide bonds. The number of alkyl halides is 4. The Labute approximate surface area is 63.6 Å². The third-order valence-corrected chi connectivity index (χ3v) is 1.58. The van der Waals surface area contributed by atoms with Crippen LogP contribution in [-0.2, 0) is 0 Å². The smallest absolute Gasteiger partial charge is 0.244 e. The largest absolute Gasteiger partial charge is 0.281 e. The molecule has 0 aromatic rings. The van der Waals surface area contributed by atoms with Gasteiger partial charge in [0.05, 0.1) is 0 Å². The van der Waals surface area contributed by atoms with Gasteiger partial charge in [-0.15, -0.1) is 0 Å². The maximum absolute atomic E-state index is 12.4. The van der Waals surface area contributed by atoms with Crippen LogP contribution in [-0.4, -0.2) is 18.3 Å². The summed E-state index contributed by atoms with van der Waals surface area (Å²) >= 11 is 0. The van der Waals surface area contributed by atoms with E-state index in [1.807, 2.05) is 0 Å². The summed E-state index contributed by atoms with van der Waals surface area (Å²) in [5.74, 6) is -3.52. The van der Waals surface area contributed by atoms with Gasteiger partial charge in [-0.3, -0.25) is 0 Å². The Kier molecular flexibility index (Phi) is 3.83. The highest BCUT2D eigenvalue weighted by molar-refractivity contribution is 4.81. The molecule has 0 aliphatic heterocycles. The van der Waals surface area contributed by atoms with Gasteiger partial charge < -0.3 is 0 Å². The SMILES string of the molecule is CCC(F)[C@H](F)C(F)(F)CC. The summed E-state index contributed by atoms with van der Waals surface area (Å²) in [5.41, 5.74) is 0. The lowest BCUT2D eigenvalue weighted by Crippen LogP contribution is -2.36. The van der Waals surface area contributed by atoms with E-state index in [1.165, 1.54) is 6.92 Å². The zero-order valence-corrected chi connectivity index (χ0v) is 6.58. The summed E-state index contributed by atoms with van der Waals surface area (Å²) < 4.78 is 49.5. The molecule has 0 saturated heterocycles. The predicted molar refractivity (Wildman–Crippen MR) is 35.3 cm³/mol. The van der Waals surface area contributed by atoms with Gasteiger partial charge in [-0.1, -0.05) is 13.8 Å². The summed E-state index contributed by atoms with van der Waals surface area (Å²) in [5, 5.41) is 0. The number of hydrogen-bond acceptors (Lipinski definition) is 0. The fourth-order valence-electron chi connectivity index (χ4n) is 0.667. The molecule has 0 rings (SSSR count). The van der Waals surface area contributed by atoms with E-state index in [4.69, 9.17) is 0 Å². The molecule has 68 valence electrons. The van der Waals surface area contributed by atoms with Crippen LogP contribution in [0.25, 0.3) is 0 Å². The Balaban J connectivity index is 4.10. The number of halogens is 4. The van der Waals surface area contributed by atoms with Crippen LogP contribution in [0.3, 0.4) is 0 Å². The van der Waals surface area contributed by atoms with Crippen molar-refractivity contribution in [3.8, 4) is 0 Å². The van der Waals surface area contributed by atoms with E-state index >= 15 is 0 Å². The van der Waals surface area contributed by atoms with E-state index in [-0.39, 0.29) is 6.42 Å². The molecule has 0 N–H and O–H groups in total. The Morgan fingerprint density at radius 2 is 1.64 bits per heavy atom. The van der Waals surface area contributed by atoms with Crippen LogP contribution < -0.4 is 0 Å². The van der Waals surface area contributed by atoms with Gasteiger partial charge in [0.15, 0.2) is 6.17 Å². The molecule has 0 fully saturated rings. The van der Waals surface area contributed by atoms with Gasteiger partial charge in [-0.2, -0.15) is 0 Å². The normalized spacial score (nSPS) is 18.0. The zero-order valence-electron chi connectivity index (χ0n) is 6.58. The van der Waals surface area contributed by atoms with Crippen molar-refractivity contribution in [3.63, 3.8) is 0 Å². The van der Waals surface area contributed by atoms with Crippen molar-refractivity contribution in [2.75, 3.05) is 0 Å². The van der Waals surface area contributed by atoms with Crippen LogP contribution in [0.1, 0.15) is 26.7 Å². The van der Waals surface area contributed by atoms with Crippen molar-refractivity contribution in [2.24, 2.45) is 0 Å². The minimum Gasteiger partial charge on any atom is -0.244 e. The highest BCUT2D eigenvalue weighted by Gasteiger charge is 2.42. The standard InChI is InChI=1S/C7H12F4/c1-3-5(8)6(9)7(10,11)4-2/h5-6H,3-4H2,1-2H3/t5?,6-/m0/s1. The molecule has 0 bridgehead atoms. The maximum Gasteiger partial charge on any atom is 0.281 e. The predicted octanol–water partition coefficient (Wildman–Crippen LogP) is 3.12. The van der Waals surface area contributed by atoms with Crippen LogP contribution >= 0.6 is 0 Å². The van der Waals surface area contributed by atoms with E-state index < -0.39 is 24.7 Å². The maximum atomic E-state index is 12.4. The first-order valence-electron chi connectivity index (χ1n) is 3.61. The van der Waals surface area contributed by atoms with Crippen molar-refractivity contribution in [3.05, 3.63) is 0 Å². The van der Waals surface area contributed by atoms with Crippen LogP contribution in [0, 0.1) is 0 Å². The van der Waals surface area contributed by atoms with Crippen LogP contribution in [0.15, 0.2) is 0 Å². The summed E-state index contributed by atoms with van der Waals surface area (Å²) in [7, 11) is 0. The lowest BCUT2D eigenvalue weighted by atomic mass is 10.1. The first-order chi connectivity index (χ1) is 4.95. The Bertz CT molecular complexity index is 113. The molecule has 0 aromatic carbocycles. The highest BCUT2D eigenvalue weighted by Crippen LogP contribution is 2.29. The average molecular weight is 172 g/mol. The van der Waals surface area contributed by atoms with Crippen molar-refractivity contribution in [1.82, 2.24) is 0 Å². The van der Waals surface area contributed by atoms with Gasteiger partial charge in [0.25, 0.3) is 5.92 Å². The van der Waals surface area contributed by atoms with Crippen LogP contribution in [0.4, 0.5) is 17.6 Å². The molecule has 0 saturated carbocycles. The minimum absolute atomic E-state index is 0.212. The monoisotopic (exact) mass is 172 g/mol. The fourth-order valence-corrected chi connectivity index (χ4v) is 0.667. The van der Waals surface area contributed by atoms with Gasteiger partial charge in [-0.05, 0) is 6.42 Å². The molecule has 0 radical (unpaired) electrons. The van der Waals surface area contributed by atoms with Gasteiger partial charge in [0, 0.05) is 6.42 Å². The second kappa shape index (κ2) is 3.93. The summed E-state index contributed by atoms with van der Waals surface area (Å²) in [6.07, 6.45) is -5.58. The van der Waals surface area contributed by atoms with E-state index in [0.29, 0.717) is 0 Å². The molecule has 4 heteroatoms. The lowest BCUT2D eigenvalue weighted by Gasteiger charge is -2.20. The molecule has 0 aromatic heterocycles. The van der Waals surface area contributed by atoms with Crippen molar-refractivity contribution in [2.45, 2.75) is 45.0 Å². The fraction of sp³-hybridized carbons (Fsp3) is 1.00. The second-order valence-electron chi connectivity index (χ2n) is 2.44. The number of rotatable bonds is 4. The Hall–Kier alpha value is -0.280. The Morgan fingerprint density at radius 3 is 1.91 bits per heavy atom. The molecule has 0 heterocycles. The minimum atomic E-state index is -3.52. The summed E-state index contributed by atoms with van der Waals surface area (Å²) in [6, 6.07) is 0. The quantitative estimate of drug-likeness (QED) is 0.571. The molecular formula is C7H12F4. The molecule has 0 spiro atoms. The van der Waals surface area contributed by atoms with Crippen LogP contribution in [0.2, 0.25) is 0 Å². The van der Waals surface area contributed by atoms with Crippen molar-refractivity contribution >= 4 is 0 Å². The van der Waals surface area contributed by atoms with Gasteiger partial charge >= 0.3 is 0 Å². The van der Waals surface area contributed by atoms with Crippen LogP contribution in [0.5, 0.6) is 0 Å². The molecular weight excluding hydrogens is 160 g/mol. The van der Waals surface area contributed by atoms with Gasteiger partial charge in [0.2, 0.25) is 0 Å². The van der Waals surface area contributed by atoms with E-state index in [0.717, 1.165) is 6.92 Å². The van der Waals surface area contributed by atoms with E-state index in [2.05, 4.69) is 0 Å². The van der Waals surface area contributed by atoms with E-state index in [9.17, 15) is 17.6 Å². The lowest BCUT2D eigenvalue weighted by molar-refractivity contribution is -0.101. The molecule has 11 heavy (non-hydrogen) atoms. The third-order valence-electron chi connectivity index (χ3n) is 1.58. The molecule has 2 atom stereocenters. The summed E-state index contributed by atoms with van der Waals surface area (Å²) in [4.78, 5) is 0. The third kappa shape index (κ3) is 2.67. The van der Waals surface area contributed by atoms with E-state index in [1.54, 1.807) is 0 Å². The topological polar surface area (TPSA) is 0 Å². The molecule has 1 unspecified atom stereocenters. The molecule has 0 aliphatic carbocycles. The molecule has 0 nitrogen and oxygen atoms in total. The van der Waals surface area contributed by atoms with Crippen molar-refractivity contribution in [1.29, 1.82) is 0 Å². The average Bonchev–Trinajstić information content (AvgIpc) is 2.01. The number of hydrogen-bond donors (Lipinski definition) is 0. The van der Waals surface area contributed by atoms with Gasteiger partial charge in [-0.25, -0.2) is 17.6 Å². The zero-order chi connectivity index (χ0) is 9.07. The molecule has 0 aliphatic rings. The Morgan fingerprint density at radius 1 is 1.18 bits per heavy atom.